The molecule has 0 radical (unpaired) electrons. The molecule has 7 heteroatoms. The van der Waals surface area contributed by atoms with Gasteiger partial charge in [0.2, 0.25) is 0 Å². The number of carboxylic acid groups (broad SMARTS) is 1. The summed E-state index contributed by atoms with van der Waals surface area (Å²) in [5, 5.41) is 20.7. The molecule has 180 valence electrons. The Morgan fingerprint density at radius 1 is 1.09 bits per heavy atom. The highest BCUT2D eigenvalue weighted by Crippen LogP contribution is 2.53. The zero-order valence-corrected chi connectivity index (χ0v) is 19.6. The topological polar surface area (TPSA) is 71.7 Å². The smallest absolute Gasteiger partial charge is 0.335 e. The Kier molecular flexibility index (Phi) is 5.40. The van der Waals surface area contributed by atoms with Crippen LogP contribution in [0.15, 0.2) is 54.6 Å². The number of fused-ring (bicyclic) bond motifs is 1. The minimum absolute atomic E-state index is 0.0500. The first-order chi connectivity index (χ1) is 16.6. The molecule has 1 aromatic heterocycles. The molecule has 4 aromatic rings. The van der Waals surface area contributed by atoms with Crippen molar-refractivity contribution >= 4 is 16.9 Å². The summed E-state index contributed by atoms with van der Waals surface area (Å²) in [7, 11) is 1.66. The number of aryl methyl sites for hydroxylation is 1. The van der Waals surface area contributed by atoms with Gasteiger partial charge in [0.1, 0.15) is 17.4 Å². The molecule has 0 bridgehead atoms. The Balaban J connectivity index is 1.90. The van der Waals surface area contributed by atoms with Crippen molar-refractivity contribution in [2.45, 2.75) is 38.2 Å². The van der Waals surface area contributed by atoms with Gasteiger partial charge in [-0.1, -0.05) is 19.1 Å². The third kappa shape index (κ3) is 3.67. The van der Waals surface area contributed by atoms with Gasteiger partial charge in [-0.3, -0.25) is 0 Å². The van der Waals surface area contributed by atoms with Crippen LogP contribution in [-0.2, 0) is 10.2 Å². The van der Waals surface area contributed by atoms with Crippen molar-refractivity contribution in [1.29, 1.82) is 0 Å². The molecule has 3 aromatic carbocycles. The average Bonchev–Trinajstić information content (AvgIpc) is 3.14. The molecule has 5 rings (SSSR count). The van der Waals surface area contributed by atoms with Crippen molar-refractivity contribution in [3.63, 3.8) is 0 Å². The number of aromatic carboxylic acids is 1. The summed E-state index contributed by atoms with van der Waals surface area (Å²) < 4.78 is 36.2. The molecule has 0 atom stereocenters. The van der Waals surface area contributed by atoms with E-state index in [-0.39, 0.29) is 23.2 Å². The fourth-order valence-electron chi connectivity index (χ4n) is 5.34. The number of rotatable bonds is 5. The molecule has 0 saturated heterocycles. The van der Waals surface area contributed by atoms with Crippen LogP contribution in [0.25, 0.3) is 27.7 Å². The van der Waals surface area contributed by atoms with Gasteiger partial charge >= 0.3 is 5.97 Å². The number of phenols is 1. The van der Waals surface area contributed by atoms with Gasteiger partial charge in [-0.15, -0.1) is 0 Å². The maximum absolute atomic E-state index is 14.6. The lowest BCUT2D eigenvalue weighted by atomic mass is 9.64. The van der Waals surface area contributed by atoms with E-state index in [0.29, 0.717) is 46.1 Å². The van der Waals surface area contributed by atoms with Crippen molar-refractivity contribution in [3.8, 4) is 22.6 Å². The average molecular weight is 478 g/mol. The SMILES string of the molecule is COC1CC(C)(c2c(-c3ccc(C(=O)O)cc3)c3c(O)cc(F)cc3n2-c2ccc(F)c(C)c2)C1. The molecule has 1 aliphatic rings. The fourth-order valence-corrected chi connectivity index (χ4v) is 5.34. The zero-order valence-electron chi connectivity index (χ0n) is 19.6. The van der Waals surface area contributed by atoms with E-state index < -0.39 is 17.2 Å². The van der Waals surface area contributed by atoms with E-state index in [4.69, 9.17) is 4.74 Å². The predicted molar refractivity (Wildman–Crippen MR) is 129 cm³/mol. The Hall–Kier alpha value is -3.71. The highest BCUT2D eigenvalue weighted by Gasteiger charge is 2.46. The number of hydrogen-bond acceptors (Lipinski definition) is 3. The van der Waals surface area contributed by atoms with Gasteiger partial charge in [0, 0.05) is 35.5 Å². The predicted octanol–water partition coefficient (Wildman–Crippen LogP) is 6.35. The van der Waals surface area contributed by atoms with Gasteiger partial charge < -0.3 is 19.5 Å². The minimum Gasteiger partial charge on any atom is -0.507 e. The highest BCUT2D eigenvalue weighted by molar-refractivity contribution is 6.04. The molecule has 1 heterocycles. The first kappa shape index (κ1) is 23.1. The molecular weight excluding hydrogens is 452 g/mol. The van der Waals surface area contributed by atoms with Gasteiger partial charge in [0.25, 0.3) is 0 Å². The molecule has 0 spiro atoms. The second-order valence-electron chi connectivity index (χ2n) is 9.52. The van der Waals surface area contributed by atoms with E-state index in [0.717, 1.165) is 11.8 Å². The Morgan fingerprint density at radius 3 is 2.37 bits per heavy atom. The summed E-state index contributed by atoms with van der Waals surface area (Å²) in [6.07, 6.45) is 1.45. The van der Waals surface area contributed by atoms with Crippen LogP contribution < -0.4 is 0 Å². The van der Waals surface area contributed by atoms with E-state index in [9.17, 15) is 23.8 Å². The third-order valence-corrected chi connectivity index (χ3v) is 7.09. The monoisotopic (exact) mass is 477 g/mol. The fraction of sp³-hybridized carbons (Fsp3) is 0.250. The number of aromatic hydroxyl groups is 1. The quantitative estimate of drug-likeness (QED) is 0.351. The van der Waals surface area contributed by atoms with Gasteiger partial charge in [0.15, 0.2) is 0 Å². The van der Waals surface area contributed by atoms with Crippen molar-refractivity contribution < 1.29 is 28.5 Å². The van der Waals surface area contributed by atoms with E-state index in [1.165, 1.54) is 24.3 Å². The maximum atomic E-state index is 14.6. The lowest BCUT2D eigenvalue weighted by Gasteiger charge is -2.45. The number of phenolic OH excluding ortho intramolecular Hbond substituents is 1. The van der Waals surface area contributed by atoms with Crippen molar-refractivity contribution in [3.05, 3.63) is 83.1 Å². The van der Waals surface area contributed by atoms with Crippen LogP contribution in [0.5, 0.6) is 5.75 Å². The number of benzene rings is 3. The van der Waals surface area contributed by atoms with Crippen LogP contribution in [0, 0.1) is 18.6 Å². The number of carbonyl (C=O) groups is 1. The molecule has 1 aliphatic carbocycles. The summed E-state index contributed by atoms with van der Waals surface area (Å²) in [4.78, 5) is 11.4. The Bertz CT molecular complexity index is 1470. The van der Waals surface area contributed by atoms with Crippen LogP contribution in [0.3, 0.4) is 0 Å². The molecule has 2 N–H and O–H groups in total. The van der Waals surface area contributed by atoms with Crippen LogP contribution in [-0.4, -0.2) is 34.0 Å². The number of hydrogen-bond donors (Lipinski definition) is 2. The number of aromatic nitrogens is 1. The normalized spacial score (nSPS) is 19.6. The second-order valence-corrected chi connectivity index (χ2v) is 9.52. The summed E-state index contributed by atoms with van der Waals surface area (Å²) in [6.45, 7) is 3.76. The number of nitrogens with zero attached hydrogens (tertiary/aromatic N) is 1. The first-order valence-electron chi connectivity index (χ1n) is 11.3. The van der Waals surface area contributed by atoms with E-state index >= 15 is 0 Å². The van der Waals surface area contributed by atoms with Crippen LogP contribution >= 0.6 is 0 Å². The minimum atomic E-state index is -1.04. The molecule has 0 amide bonds. The van der Waals surface area contributed by atoms with Gasteiger partial charge in [-0.2, -0.15) is 0 Å². The second kappa shape index (κ2) is 8.20. The molecule has 1 fully saturated rings. The number of carboxylic acids is 1. The van der Waals surface area contributed by atoms with E-state index in [1.807, 2.05) is 4.57 Å². The van der Waals surface area contributed by atoms with Gasteiger partial charge in [-0.05, 0) is 67.3 Å². The van der Waals surface area contributed by atoms with Crippen LogP contribution in [0.4, 0.5) is 8.78 Å². The lowest BCUT2D eigenvalue weighted by Crippen LogP contribution is -2.44. The molecule has 0 aliphatic heterocycles. The molecule has 35 heavy (non-hydrogen) atoms. The third-order valence-electron chi connectivity index (χ3n) is 7.09. The first-order valence-corrected chi connectivity index (χ1v) is 11.3. The van der Waals surface area contributed by atoms with Crippen molar-refractivity contribution in [2.75, 3.05) is 7.11 Å². The summed E-state index contributed by atoms with van der Waals surface area (Å²) in [5.41, 5.74) is 3.48. The molecule has 0 unspecified atom stereocenters. The Morgan fingerprint density at radius 2 is 1.77 bits per heavy atom. The van der Waals surface area contributed by atoms with Gasteiger partial charge in [0.05, 0.1) is 22.6 Å². The summed E-state index contributed by atoms with van der Waals surface area (Å²) >= 11 is 0. The lowest BCUT2D eigenvalue weighted by molar-refractivity contribution is -0.0129. The van der Waals surface area contributed by atoms with Crippen molar-refractivity contribution in [1.82, 2.24) is 4.57 Å². The Labute approximate surface area is 201 Å². The molecule has 5 nitrogen and oxygen atoms in total. The molecule has 1 saturated carbocycles. The van der Waals surface area contributed by atoms with Crippen molar-refractivity contribution in [2.24, 2.45) is 0 Å². The largest absolute Gasteiger partial charge is 0.507 e. The van der Waals surface area contributed by atoms with E-state index in [1.54, 1.807) is 38.3 Å². The van der Waals surface area contributed by atoms with Crippen LogP contribution in [0.1, 0.15) is 41.4 Å². The summed E-state index contributed by atoms with van der Waals surface area (Å²) in [5.74, 6) is -2.21. The van der Waals surface area contributed by atoms with Crippen LogP contribution in [0.2, 0.25) is 0 Å². The summed E-state index contributed by atoms with van der Waals surface area (Å²) in [6, 6.07) is 13.6. The molecular formula is C28H25F2NO4. The number of ether oxygens (including phenoxy) is 1. The standard InChI is InChI=1S/C28H25F2NO4/c1-15-10-19(8-9-21(15)30)31-22-11-18(29)12-23(32)25(22)24(16-4-6-17(7-5-16)27(33)34)26(31)28(2)13-20(14-28)35-3/h4-12,20,32H,13-14H2,1-3H3,(H,33,34). The maximum Gasteiger partial charge on any atom is 0.335 e. The van der Waals surface area contributed by atoms with E-state index in [2.05, 4.69) is 6.92 Å². The number of methoxy groups -OCH3 is 1. The zero-order chi connectivity index (χ0) is 25.1. The highest BCUT2D eigenvalue weighted by atomic mass is 19.1. The van der Waals surface area contributed by atoms with Gasteiger partial charge in [-0.25, -0.2) is 13.6 Å². The number of halogens is 2.